The SMILES string of the molecule is O=C1NC(=O)N(c2ccc(OCc3ccccc3)cc2)C(=O)/C1=C/c1ccccc1. The Bertz CT molecular complexity index is 1110. The summed E-state index contributed by atoms with van der Waals surface area (Å²) in [6, 6.07) is 24.5. The maximum Gasteiger partial charge on any atom is 0.335 e. The molecular weight excluding hydrogens is 380 g/mol. The average molecular weight is 398 g/mol. The first-order chi connectivity index (χ1) is 14.6. The number of carbonyl (C=O) groups is 3. The number of amides is 4. The van der Waals surface area contributed by atoms with Crippen LogP contribution in [0.25, 0.3) is 6.08 Å². The van der Waals surface area contributed by atoms with Gasteiger partial charge in [-0.15, -0.1) is 0 Å². The Morgan fingerprint density at radius 3 is 2.10 bits per heavy atom. The lowest BCUT2D eigenvalue weighted by atomic mass is 10.1. The summed E-state index contributed by atoms with van der Waals surface area (Å²) < 4.78 is 5.74. The van der Waals surface area contributed by atoms with Gasteiger partial charge in [0.25, 0.3) is 11.8 Å². The van der Waals surface area contributed by atoms with Gasteiger partial charge in [0.05, 0.1) is 5.69 Å². The molecule has 1 aliphatic heterocycles. The number of imide groups is 2. The van der Waals surface area contributed by atoms with Crippen molar-refractivity contribution >= 4 is 29.6 Å². The van der Waals surface area contributed by atoms with E-state index in [1.807, 2.05) is 36.4 Å². The second kappa shape index (κ2) is 8.45. The van der Waals surface area contributed by atoms with Crippen molar-refractivity contribution < 1.29 is 19.1 Å². The van der Waals surface area contributed by atoms with Gasteiger partial charge in [-0.25, -0.2) is 9.69 Å². The van der Waals surface area contributed by atoms with Gasteiger partial charge >= 0.3 is 6.03 Å². The first-order valence-electron chi connectivity index (χ1n) is 9.35. The van der Waals surface area contributed by atoms with E-state index in [9.17, 15) is 14.4 Å². The minimum atomic E-state index is -0.784. The first kappa shape index (κ1) is 19.1. The van der Waals surface area contributed by atoms with Crippen LogP contribution in [-0.4, -0.2) is 17.8 Å². The van der Waals surface area contributed by atoms with Gasteiger partial charge in [0, 0.05) is 0 Å². The molecule has 1 aliphatic rings. The third-order valence-electron chi connectivity index (χ3n) is 4.56. The van der Waals surface area contributed by atoms with E-state index >= 15 is 0 Å². The fourth-order valence-electron chi connectivity index (χ4n) is 3.04. The smallest absolute Gasteiger partial charge is 0.335 e. The number of anilines is 1. The van der Waals surface area contributed by atoms with Crippen LogP contribution in [0.4, 0.5) is 10.5 Å². The Balaban J connectivity index is 1.53. The molecule has 0 aliphatic carbocycles. The average Bonchev–Trinajstić information content (AvgIpc) is 2.77. The Hall–Kier alpha value is -4.19. The molecule has 6 heteroatoms. The van der Waals surface area contributed by atoms with E-state index in [-0.39, 0.29) is 5.57 Å². The van der Waals surface area contributed by atoms with Crippen molar-refractivity contribution in [3.63, 3.8) is 0 Å². The summed E-state index contributed by atoms with van der Waals surface area (Å²) in [6.07, 6.45) is 1.47. The van der Waals surface area contributed by atoms with E-state index < -0.39 is 17.8 Å². The van der Waals surface area contributed by atoms with Gasteiger partial charge in [0.15, 0.2) is 0 Å². The zero-order valence-corrected chi connectivity index (χ0v) is 15.9. The minimum Gasteiger partial charge on any atom is -0.489 e. The molecular formula is C24H18N2O4. The number of hydrogen-bond acceptors (Lipinski definition) is 4. The lowest BCUT2D eigenvalue weighted by Crippen LogP contribution is -2.54. The zero-order chi connectivity index (χ0) is 20.9. The van der Waals surface area contributed by atoms with Gasteiger partial charge in [-0.3, -0.25) is 14.9 Å². The molecule has 0 unspecified atom stereocenters. The number of ether oxygens (including phenoxy) is 1. The molecule has 4 amide bonds. The van der Waals surface area contributed by atoms with Crippen LogP contribution < -0.4 is 15.0 Å². The maximum atomic E-state index is 12.9. The number of rotatable bonds is 5. The summed E-state index contributed by atoms with van der Waals surface area (Å²) in [5.41, 5.74) is 1.96. The van der Waals surface area contributed by atoms with E-state index in [0.29, 0.717) is 23.6 Å². The predicted octanol–water partition coefficient (Wildman–Crippen LogP) is 3.93. The molecule has 148 valence electrons. The molecule has 0 atom stereocenters. The highest BCUT2D eigenvalue weighted by Crippen LogP contribution is 2.24. The summed E-state index contributed by atoms with van der Waals surface area (Å²) in [5, 5.41) is 2.22. The molecule has 3 aromatic rings. The Morgan fingerprint density at radius 2 is 1.43 bits per heavy atom. The van der Waals surface area contributed by atoms with Crippen molar-refractivity contribution in [1.82, 2.24) is 5.32 Å². The highest BCUT2D eigenvalue weighted by atomic mass is 16.5. The zero-order valence-electron chi connectivity index (χ0n) is 15.9. The van der Waals surface area contributed by atoms with Gasteiger partial charge in [0.2, 0.25) is 0 Å². The number of barbiturate groups is 1. The molecule has 30 heavy (non-hydrogen) atoms. The number of nitrogens with one attached hydrogen (secondary N) is 1. The van der Waals surface area contributed by atoms with E-state index in [1.165, 1.54) is 6.08 Å². The monoisotopic (exact) mass is 398 g/mol. The third-order valence-corrected chi connectivity index (χ3v) is 4.56. The molecule has 0 saturated carbocycles. The molecule has 0 bridgehead atoms. The summed E-state index contributed by atoms with van der Waals surface area (Å²) >= 11 is 0. The van der Waals surface area contributed by atoms with Gasteiger partial charge < -0.3 is 4.74 Å². The second-order valence-corrected chi connectivity index (χ2v) is 6.64. The Labute approximate surface area is 173 Å². The van der Waals surface area contributed by atoms with Gasteiger partial charge in [-0.2, -0.15) is 0 Å². The van der Waals surface area contributed by atoms with Crippen molar-refractivity contribution in [3.05, 3.63) is 102 Å². The lowest BCUT2D eigenvalue weighted by Gasteiger charge is -2.26. The molecule has 0 radical (unpaired) electrons. The van der Waals surface area contributed by atoms with Gasteiger partial charge in [0.1, 0.15) is 17.9 Å². The predicted molar refractivity (Wildman–Crippen MR) is 113 cm³/mol. The quantitative estimate of drug-likeness (QED) is 0.522. The van der Waals surface area contributed by atoms with Crippen LogP contribution in [0.2, 0.25) is 0 Å². The maximum absolute atomic E-state index is 12.9. The lowest BCUT2D eigenvalue weighted by molar-refractivity contribution is -0.122. The van der Waals surface area contributed by atoms with Crippen LogP contribution in [0.1, 0.15) is 11.1 Å². The second-order valence-electron chi connectivity index (χ2n) is 6.64. The third kappa shape index (κ3) is 4.12. The van der Waals surface area contributed by atoms with Crippen LogP contribution in [0.5, 0.6) is 5.75 Å². The normalized spacial score (nSPS) is 15.3. The van der Waals surface area contributed by atoms with Crippen molar-refractivity contribution in [2.45, 2.75) is 6.61 Å². The standard InChI is InChI=1S/C24H18N2O4/c27-22-21(15-17-7-3-1-4-8-17)23(28)26(24(29)25-22)19-11-13-20(14-12-19)30-16-18-9-5-2-6-10-18/h1-15H,16H2,(H,25,27,29)/b21-15+. The molecule has 1 fully saturated rings. The number of urea groups is 1. The van der Waals surface area contributed by atoms with Crippen molar-refractivity contribution in [1.29, 1.82) is 0 Å². The summed E-state index contributed by atoms with van der Waals surface area (Å²) in [6.45, 7) is 0.405. The van der Waals surface area contributed by atoms with Crippen molar-refractivity contribution in [3.8, 4) is 5.75 Å². The fourth-order valence-corrected chi connectivity index (χ4v) is 3.04. The number of nitrogens with zero attached hydrogens (tertiary/aromatic N) is 1. The van der Waals surface area contributed by atoms with Crippen LogP contribution in [-0.2, 0) is 16.2 Å². The molecule has 3 aromatic carbocycles. The Morgan fingerprint density at radius 1 is 0.800 bits per heavy atom. The fraction of sp³-hybridized carbons (Fsp3) is 0.0417. The largest absolute Gasteiger partial charge is 0.489 e. The van der Waals surface area contributed by atoms with E-state index in [2.05, 4.69) is 5.32 Å². The van der Waals surface area contributed by atoms with Crippen molar-refractivity contribution in [2.24, 2.45) is 0 Å². The summed E-state index contributed by atoms with van der Waals surface area (Å²) in [7, 11) is 0. The topological polar surface area (TPSA) is 75.7 Å². The van der Waals surface area contributed by atoms with Gasteiger partial charge in [-0.1, -0.05) is 60.7 Å². The first-order valence-corrected chi connectivity index (χ1v) is 9.35. The van der Waals surface area contributed by atoms with E-state index in [4.69, 9.17) is 4.74 Å². The van der Waals surface area contributed by atoms with Crippen LogP contribution in [0, 0.1) is 0 Å². The van der Waals surface area contributed by atoms with Crippen molar-refractivity contribution in [2.75, 3.05) is 4.90 Å². The molecule has 0 spiro atoms. The molecule has 6 nitrogen and oxygen atoms in total. The van der Waals surface area contributed by atoms with Crippen LogP contribution >= 0.6 is 0 Å². The molecule has 4 rings (SSSR count). The van der Waals surface area contributed by atoms with Gasteiger partial charge in [-0.05, 0) is 41.5 Å². The van der Waals surface area contributed by atoms with E-state index in [0.717, 1.165) is 10.5 Å². The minimum absolute atomic E-state index is 0.106. The molecule has 1 saturated heterocycles. The number of hydrogen-bond donors (Lipinski definition) is 1. The summed E-state index contributed by atoms with van der Waals surface area (Å²) in [5.74, 6) is -0.790. The highest BCUT2D eigenvalue weighted by Gasteiger charge is 2.36. The molecule has 0 aromatic heterocycles. The highest BCUT2D eigenvalue weighted by molar-refractivity contribution is 6.39. The van der Waals surface area contributed by atoms with Crippen LogP contribution in [0.15, 0.2) is 90.5 Å². The number of carbonyl (C=O) groups excluding carboxylic acids is 3. The van der Waals surface area contributed by atoms with Crippen LogP contribution in [0.3, 0.4) is 0 Å². The molecule has 1 heterocycles. The van der Waals surface area contributed by atoms with E-state index in [1.54, 1.807) is 48.5 Å². The Kier molecular flexibility index (Phi) is 5.39. The molecule has 1 N–H and O–H groups in total. The summed E-state index contributed by atoms with van der Waals surface area (Å²) in [4.78, 5) is 38.4. The number of benzene rings is 3.